The third-order valence-corrected chi connectivity index (χ3v) is 5.50. The minimum Gasteiger partial charge on any atom is -0.337 e. The van der Waals surface area contributed by atoms with Crippen molar-refractivity contribution in [3.05, 3.63) is 0 Å². The summed E-state index contributed by atoms with van der Waals surface area (Å²) in [5.41, 5.74) is 0. The van der Waals surface area contributed by atoms with Gasteiger partial charge in [0.05, 0.1) is 5.75 Å². The summed E-state index contributed by atoms with van der Waals surface area (Å²) in [6.07, 6.45) is 5.37. The van der Waals surface area contributed by atoms with Crippen molar-refractivity contribution in [1.29, 1.82) is 0 Å². The van der Waals surface area contributed by atoms with E-state index < -0.39 is 18.0 Å². The molecule has 6 amide bonds. The van der Waals surface area contributed by atoms with E-state index in [1.165, 1.54) is 34.9 Å². The zero-order chi connectivity index (χ0) is 17.8. The highest BCUT2D eigenvalue weighted by atomic mass is 33.1. The Hall–Kier alpha value is -1.42. The van der Waals surface area contributed by atoms with Crippen LogP contribution in [0.5, 0.6) is 0 Å². The first kappa shape index (κ1) is 20.6. The van der Waals surface area contributed by atoms with Crippen LogP contribution in [0, 0.1) is 0 Å². The summed E-state index contributed by atoms with van der Waals surface area (Å²) in [6, 6.07) is -0.800. The Morgan fingerprint density at radius 3 is 2.33 bits per heavy atom. The lowest BCUT2D eigenvalue weighted by Crippen LogP contribution is -2.45. The van der Waals surface area contributed by atoms with Gasteiger partial charge in [0.1, 0.15) is 0 Å². The molecule has 10 heteroatoms. The number of hydrogen-bond acceptors (Lipinski definition) is 6. The molecule has 0 radical (unpaired) electrons. The van der Waals surface area contributed by atoms with Gasteiger partial charge in [-0.15, -0.1) is 0 Å². The molecule has 0 saturated heterocycles. The first-order chi connectivity index (χ1) is 11.5. The highest BCUT2D eigenvalue weighted by molar-refractivity contribution is 8.76. The van der Waals surface area contributed by atoms with Crippen LogP contribution >= 0.6 is 21.6 Å². The molecular formula is C14H24N4O4S2. The van der Waals surface area contributed by atoms with E-state index >= 15 is 0 Å². The van der Waals surface area contributed by atoms with Crippen molar-refractivity contribution < 1.29 is 19.2 Å². The lowest BCUT2D eigenvalue weighted by atomic mass is 9.96. The Morgan fingerprint density at radius 2 is 1.67 bits per heavy atom. The molecule has 136 valence electrons. The predicted octanol–water partition coefficient (Wildman–Crippen LogP) is 1.37. The van der Waals surface area contributed by atoms with Crippen LogP contribution in [0.2, 0.25) is 0 Å². The average Bonchev–Trinajstić information content (AvgIpc) is 2.50. The Kier molecular flexibility index (Phi) is 10.3. The smallest absolute Gasteiger partial charge is 0.321 e. The van der Waals surface area contributed by atoms with Crippen molar-refractivity contribution >= 4 is 45.5 Å². The van der Waals surface area contributed by atoms with E-state index in [0.29, 0.717) is 12.3 Å². The highest BCUT2D eigenvalue weighted by Crippen LogP contribution is 2.20. The van der Waals surface area contributed by atoms with Gasteiger partial charge in [-0.2, -0.15) is 0 Å². The van der Waals surface area contributed by atoms with Gasteiger partial charge in [0.25, 0.3) is 0 Å². The lowest BCUT2D eigenvalue weighted by Gasteiger charge is -2.22. The molecule has 0 atom stereocenters. The first-order valence-corrected chi connectivity index (χ1v) is 10.4. The Morgan fingerprint density at radius 1 is 0.958 bits per heavy atom. The zero-order valence-electron chi connectivity index (χ0n) is 13.7. The Bertz CT molecular complexity index is 456. The van der Waals surface area contributed by atoms with E-state index in [1.54, 1.807) is 0 Å². The fourth-order valence-corrected chi connectivity index (χ4v) is 3.94. The Balaban J connectivity index is 2.00. The number of carbonyl (C=O) groups is 4. The number of hydrogen-bond donors (Lipinski definition) is 4. The molecule has 0 bridgehead atoms. The van der Waals surface area contributed by atoms with Gasteiger partial charge >= 0.3 is 12.1 Å². The Labute approximate surface area is 149 Å². The number of rotatable bonds is 7. The van der Waals surface area contributed by atoms with Gasteiger partial charge in [-0.25, -0.2) is 9.59 Å². The van der Waals surface area contributed by atoms with Gasteiger partial charge in [-0.3, -0.25) is 20.2 Å². The van der Waals surface area contributed by atoms with E-state index in [2.05, 4.69) is 21.3 Å². The summed E-state index contributed by atoms with van der Waals surface area (Å²) in [4.78, 5) is 45.0. The molecule has 1 rings (SSSR count). The fourth-order valence-electron chi connectivity index (χ4n) is 2.20. The first-order valence-electron chi connectivity index (χ1n) is 7.87. The van der Waals surface area contributed by atoms with Crippen LogP contribution in [0.15, 0.2) is 0 Å². The topological polar surface area (TPSA) is 116 Å². The molecule has 1 saturated carbocycles. The summed E-state index contributed by atoms with van der Waals surface area (Å²) < 4.78 is 0. The van der Waals surface area contributed by atoms with E-state index in [4.69, 9.17) is 0 Å². The average molecular weight is 377 g/mol. The van der Waals surface area contributed by atoms with Crippen LogP contribution in [0.4, 0.5) is 9.59 Å². The third kappa shape index (κ3) is 10.4. The molecule has 0 aliphatic heterocycles. The summed E-state index contributed by atoms with van der Waals surface area (Å²) in [5, 5.41) is 9.74. The molecule has 1 aliphatic rings. The van der Waals surface area contributed by atoms with Crippen LogP contribution in [0.25, 0.3) is 0 Å². The van der Waals surface area contributed by atoms with Gasteiger partial charge in [-0.05, 0) is 12.8 Å². The van der Waals surface area contributed by atoms with Crippen molar-refractivity contribution in [2.75, 3.05) is 18.1 Å². The van der Waals surface area contributed by atoms with E-state index in [-0.39, 0.29) is 17.7 Å². The van der Waals surface area contributed by atoms with Gasteiger partial charge in [0.15, 0.2) is 0 Å². The predicted molar refractivity (Wildman–Crippen MR) is 95.7 cm³/mol. The fraction of sp³-hybridized carbons (Fsp3) is 0.714. The van der Waals surface area contributed by atoms with Crippen LogP contribution in [0.3, 0.4) is 0 Å². The second-order valence-corrected chi connectivity index (χ2v) is 7.96. The zero-order valence-corrected chi connectivity index (χ0v) is 15.3. The normalized spacial score (nSPS) is 14.5. The minimum absolute atomic E-state index is 0.155. The highest BCUT2D eigenvalue weighted by Gasteiger charge is 2.16. The van der Waals surface area contributed by atoms with Gasteiger partial charge in [-0.1, -0.05) is 40.9 Å². The molecule has 24 heavy (non-hydrogen) atoms. The largest absolute Gasteiger partial charge is 0.337 e. The summed E-state index contributed by atoms with van der Waals surface area (Å²) in [6.45, 7) is 1.63. The van der Waals surface area contributed by atoms with Crippen LogP contribution in [-0.4, -0.2) is 48.0 Å². The number of imide groups is 2. The second-order valence-electron chi connectivity index (χ2n) is 5.38. The van der Waals surface area contributed by atoms with Crippen molar-refractivity contribution in [3.63, 3.8) is 0 Å². The standard InChI is InChI=1S/C14H24N4O4S2/c1-10(19)16-13(21)15-7-8-23-24-9-12(20)18-14(22)17-11-5-3-2-4-6-11/h11H,2-9H2,1H3,(H2,15,16,19,21)(H2,17,18,20,22). The molecule has 0 spiro atoms. The quantitative estimate of drug-likeness (QED) is 0.394. The molecule has 4 N–H and O–H groups in total. The van der Waals surface area contributed by atoms with Gasteiger partial charge < -0.3 is 10.6 Å². The molecule has 0 aromatic carbocycles. The maximum absolute atomic E-state index is 11.7. The van der Waals surface area contributed by atoms with Crippen molar-refractivity contribution in [1.82, 2.24) is 21.3 Å². The monoisotopic (exact) mass is 376 g/mol. The van der Waals surface area contributed by atoms with Crippen LogP contribution in [0.1, 0.15) is 39.0 Å². The van der Waals surface area contributed by atoms with Crippen LogP contribution in [-0.2, 0) is 9.59 Å². The van der Waals surface area contributed by atoms with Crippen molar-refractivity contribution in [2.45, 2.75) is 45.1 Å². The van der Waals surface area contributed by atoms with Gasteiger partial charge in [0.2, 0.25) is 11.8 Å². The third-order valence-electron chi connectivity index (χ3n) is 3.23. The molecule has 0 unspecified atom stereocenters. The number of amides is 6. The van der Waals surface area contributed by atoms with Gasteiger partial charge in [0, 0.05) is 25.3 Å². The molecule has 0 aromatic heterocycles. The summed E-state index contributed by atoms with van der Waals surface area (Å²) in [7, 11) is 2.70. The van der Waals surface area contributed by atoms with E-state index in [1.807, 2.05) is 0 Å². The summed E-state index contributed by atoms with van der Waals surface area (Å²) in [5.74, 6) is -0.0271. The summed E-state index contributed by atoms with van der Waals surface area (Å²) >= 11 is 0. The molecular weight excluding hydrogens is 352 g/mol. The van der Waals surface area contributed by atoms with Crippen LogP contribution < -0.4 is 21.3 Å². The molecule has 1 aliphatic carbocycles. The number of urea groups is 2. The maximum Gasteiger partial charge on any atom is 0.321 e. The maximum atomic E-state index is 11.7. The minimum atomic E-state index is -0.537. The SMILES string of the molecule is CC(=O)NC(=O)NCCSSCC(=O)NC(=O)NC1CCCCC1. The number of carbonyl (C=O) groups excluding carboxylic acids is 4. The molecule has 8 nitrogen and oxygen atoms in total. The van der Waals surface area contributed by atoms with E-state index in [0.717, 1.165) is 25.7 Å². The lowest BCUT2D eigenvalue weighted by molar-refractivity contribution is -0.118. The molecule has 0 heterocycles. The molecule has 1 fully saturated rings. The van der Waals surface area contributed by atoms with E-state index in [9.17, 15) is 19.2 Å². The number of nitrogens with one attached hydrogen (secondary N) is 4. The van der Waals surface area contributed by atoms with Crippen molar-refractivity contribution in [3.8, 4) is 0 Å². The molecule has 0 aromatic rings. The van der Waals surface area contributed by atoms with Crippen molar-refractivity contribution in [2.24, 2.45) is 0 Å². The second kappa shape index (κ2) is 12.0.